The highest BCUT2D eigenvalue weighted by Crippen LogP contribution is 2.30. The summed E-state index contributed by atoms with van der Waals surface area (Å²) in [5, 5.41) is 2.33. The molecular weight excluding hydrogens is 426 g/mol. The molecule has 1 heterocycles. The zero-order valence-electron chi connectivity index (χ0n) is 18.1. The number of carbonyl (C=O) groups is 1. The molecule has 0 saturated heterocycles. The van der Waals surface area contributed by atoms with Gasteiger partial charge in [0.1, 0.15) is 6.04 Å². The predicted octanol–water partition coefficient (Wildman–Crippen LogP) is 3.45. The summed E-state index contributed by atoms with van der Waals surface area (Å²) in [6, 6.07) is 17.2. The number of rotatable bonds is 7. The maximum atomic E-state index is 13.4. The topological polar surface area (TPSA) is 91.5 Å². The molecule has 0 fully saturated rings. The predicted molar refractivity (Wildman–Crippen MR) is 126 cm³/mol. The number of nitrogens with zero attached hydrogens (tertiary/aromatic N) is 1. The number of aromatic nitrogens is 1. The van der Waals surface area contributed by atoms with Crippen LogP contribution in [0.3, 0.4) is 0 Å². The van der Waals surface area contributed by atoms with Crippen LogP contribution in [0.2, 0.25) is 0 Å². The molecule has 166 valence electrons. The van der Waals surface area contributed by atoms with Gasteiger partial charge in [-0.15, -0.1) is 0 Å². The van der Waals surface area contributed by atoms with Crippen LogP contribution in [0.1, 0.15) is 5.56 Å². The zero-order valence-corrected chi connectivity index (χ0v) is 18.9. The molecule has 32 heavy (non-hydrogen) atoms. The first kappa shape index (κ1) is 21.9. The van der Waals surface area contributed by atoms with Crippen molar-refractivity contribution in [1.82, 2.24) is 9.71 Å². The van der Waals surface area contributed by atoms with Crippen LogP contribution in [0.25, 0.3) is 21.7 Å². The van der Waals surface area contributed by atoms with Gasteiger partial charge in [-0.25, -0.2) is 8.42 Å². The third-order valence-electron chi connectivity index (χ3n) is 5.51. The number of H-pyrrole nitrogens is 1. The van der Waals surface area contributed by atoms with Crippen LogP contribution in [0.15, 0.2) is 71.8 Å². The van der Waals surface area contributed by atoms with Crippen molar-refractivity contribution in [2.45, 2.75) is 17.4 Å². The van der Waals surface area contributed by atoms with E-state index in [0.717, 1.165) is 27.5 Å². The molecule has 0 spiro atoms. The minimum Gasteiger partial charge on any atom is -0.468 e. The van der Waals surface area contributed by atoms with Crippen molar-refractivity contribution in [3.8, 4) is 0 Å². The number of ether oxygens (including phenoxy) is 1. The van der Waals surface area contributed by atoms with Crippen LogP contribution < -0.4 is 9.62 Å². The number of fused-ring (bicyclic) bond motifs is 2. The van der Waals surface area contributed by atoms with E-state index >= 15 is 0 Å². The molecule has 4 rings (SSSR count). The summed E-state index contributed by atoms with van der Waals surface area (Å²) in [4.78, 5) is 17.7. The fraction of sp³-hybridized carbons (Fsp3) is 0.208. The number of anilines is 1. The highest BCUT2D eigenvalue weighted by molar-refractivity contribution is 7.89. The summed E-state index contributed by atoms with van der Waals surface area (Å²) in [6.07, 6.45) is 1.94. The van der Waals surface area contributed by atoms with Gasteiger partial charge in [-0.05, 0) is 23.8 Å². The smallest absolute Gasteiger partial charge is 0.324 e. The fourth-order valence-electron chi connectivity index (χ4n) is 3.98. The molecule has 0 bridgehead atoms. The third-order valence-corrected chi connectivity index (χ3v) is 7.04. The Kier molecular flexibility index (Phi) is 5.90. The van der Waals surface area contributed by atoms with Crippen LogP contribution in [0.5, 0.6) is 0 Å². The van der Waals surface area contributed by atoms with E-state index in [9.17, 15) is 13.2 Å². The van der Waals surface area contributed by atoms with E-state index in [4.69, 9.17) is 4.74 Å². The molecule has 4 aromatic rings. The van der Waals surface area contributed by atoms with Crippen molar-refractivity contribution in [2.75, 3.05) is 26.1 Å². The minimum atomic E-state index is -4.02. The van der Waals surface area contributed by atoms with Crippen LogP contribution in [-0.4, -0.2) is 46.6 Å². The monoisotopic (exact) mass is 451 g/mol. The van der Waals surface area contributed by atoms with Gasteiger partial charge in [0.25, 0.3) is 0 Å². The number of sulfonamides is 1. The lowest BCUT2D eigenvalue weighted by Crippen LogP contribution is -2.43. The molecule has 0 aliphatic rings. The molecule has 2 N–H and O–H groups in total. The fourth-order valence-corrected chi connectivity index (χ4v) is 5.38. The number of carbonyl (C=O) groups excluding carboxylic acids is 1. The second kappa shape index (κ2) is 8.64. The van der Waals surface area contributed by atoms with E-state index in [2.05, 4.69) is 9.71 Å². The van der Waals surface area contributed by atoms with E-state index in [1.54, 1.807) is 24.4 Å². The van der Waals surface area contributed by atoms with Crippen molar-refractivity contribution in [3.05, 3.63) is 72.4 Å². The van der Waals surface area contributed by atoms with Crippen LogP contribution >= 0.6 is 0 Å². The first-order valence-electron chi connectivity index (χ1n) is 10.2. The van der Waals surface area contributed by atoms with E-state index in [-0.39, 0.29) is 11.3 Å². The third kappa shape index (κ3) is 4.06. The van der Waals surface area contributed by atoms with Crippen molar-refractivity contribution >= 4 is 43.4 Å². The Hall–Kier alpha value is -3.36. The molecule has 3 aromatic carbocycles. The number of nitrogens with one attached hydrogen (secondary N) is 2. The zero-order chi connectivity index (χ0) is 22.9. The number of methoxy groups -OCH3 is 1. The molecule has 0 aliphatic carbocycles. The summed E-state index contributed by atoms with van der Waals surface area (Å²) in [7, 11) is 1.04. The van der Waals surface area contributed by atoms with Gasteiger partial charge in [0.2, 0.25) is 10.0 Å². The molecule has 7 nitrogen and oxygen atoms in total. The van der Waals surface area contributed by atoms with Crippen molar-refractivity contribution < 1.29 is 17.9 Å². The maximum absolute atomic E-state index is 13.4. The summed E-state index contributed by atoms with van der Waals surface area (Å²) >= 11 is 0. The first-order chi connectivity index (χ1) is 15.3. The quantitative estimate of drug-likeness (QED) is 0.420. The molecule has 0 unspecified atom stereocenters. The van der Waals surface area contributed by atoms with E-state index < -0.39 is 22.0 Å². The maximum Gasteiger partial charge on any atom is 0.324 e. The van der Waals surface area contributed by atoms with Crippen LogP contribution in [0.4, 0.5) is 5.69 Å². The highest BCUT2D eigenvalue weighted by atomic mass is 32.2. The SMILES string of the molecule is COC(=O)[C@H](Cc1c[nH]c2ccccc12)NS(=O)(=O)c1cccc2c(N(C)C)cccc12. The molecule has 1 atom stereocenters. The average molecular weight is 452 g/mol. The molecule has 0 radical (unpaired) electrons. The average Bonchev–Trinajstić information content (AvgIpc) is 3.19. The first-order valence-corrected chi connectivity index (χ1v) is 11.6. The van der Waals surface area contributed by atoms with Gasteiger partial charge in [-0.2, -0.15) is 4.72 Å². The molecular formula is C24H25N3O4S. The molecule has 8 heteroatoms. The van der Waals surface area contributed by atoms with Gasteiger partial charge < -0.3 is 14.6 Å². The molecule has 0 saturated carbocycles. The van der Waals surface area contributed by atoms with Gasteiger partial charge in [0, 0.05) is 54.1 Å². The largest absolute Gasteiger partial charge is 0.468 e. The van der Waals surface area contributed by atoms with Crippen LogP contribution in [-0.2, 0) is 26.0 Å². The van der Waals surface area contributed by atoms with Crippen molar-refractivity contribution in [2.24, 2.45) is 0 Å². The second-order valence-electron chi connectivity index (χ2n) is 7.78. The summed E-state index contributed by atoms with van der Waals surface area (Å²) in [5.41, 5.74) is 2.65. The Morgan fingerprint density at radius 3 is 2.44 bits per heavy atom. The van der Waals surface area contributed by atoms with Gasteiger partial charge in [0.05, 0.1) is 12.0 Å². The number of para-hydroxylation sites is 1. The van der Waals surface area contributed by atoms with E-state index in [1.165, 1.54) is 7.11 Å². The number of benzene rings is 3. The normalized spacial score (nSPS) is 12.7. The van der Waals surface area contributed by atoms with Gasteiger partial charge in [-0.3, -0.25) is 4.79 Å². The Balaban J connectivity index is 1.73. The molecule has 0 aliphatic heterocycles. The number of esters is 1. The van der Waals surface area contributed by atoms with Crippen molar-refractivity contribution in [3.63, 3.8) is 0 Å². The molecule has 1 aromatic heterocycles. The Labute approximate surface area is 187 Å². The highest BCUT2D eigenvalue weighted by Gasteiger charge is 2.29. The minimum absolute atomic E-state index is 0.117. The number of hydrogen-bond donors (Lipinski definition) is 2. The lowest BCUT2D eigenvalue weighted by molar-refractivity contribution is -0.142. The number of aromatic amines is 1. The Bertz CT molecular complexity index is 1390. The summed E-state index contributed by atoms with van der Waals surface area (Å²) < 4.78 is 34.3. The Morgan fingerprint density at radius 2 is 1.69 bits per heavy atom. The summed E-state index contributed by atoms with van der Waals surface area (Å²) in [5.74, 6) is -0.645. The second-order valence-corrected chi connectivity index (χ2v) is 9.47. The van der Waals surface area contributed by atoms with Crippen molar-refractivity contribution in [1.29, 1.82) is 0 Å². The van der Waals surface area contributed by atoms with Gasteiger partial charge >= 0.3 is 5.97 Å². The number of hydrogen-bond acceptors (Lipinski definition) is 5. The van der Waals surface area contributed by atoms with Gasteiger partial charge in [0.15, 0.2) is 0 Å². The summed E-state index contributed by atoms with van der Waals surface area (Å²) in [6.45, 7) is 0. The Morgan fingerprint density at radius 1 is 1.00 bits per heavy atom. The van der Waals surface area contributed by atoms with E-state index in [1.807, 2.05) is 61.5 Å². The van der Waals surface area contributed by atoms with E-state index in [0.29, 0.717) is 5.39 Å². The standard InChI is InChI=1S/C24H25N3O4S/c1-27(2)22-12-6-10-19-18(22)9-7-13-23(19)32(29,30)26-21(24(28)31-3)14-16-15-25-20-11-5-4-8-17(16)20/h4-13,15,21,25-26H,14H2,1-3H3/t21-/m0/s1. The molecule has 0 amide bonds. The lowest BCUT2D eigenvalue weighted by Gasteiger charge is -2.19. The van der Waals surface area contributed by atoms with Gasteiger partial charge in [-0.1, -0.05) is 42.5 Å². The lowest BCUT2D eigenvalue weighted by atomic mass is 10.1. The van der Waals surface area contributed by atoms with Crippen LogP contribution in [0, 0.1) is 0 Å².